The highest BCUT2D eigenvalue weighted by Gasteiger charge is 2.42. The van der Waals surface area contributed by atoms with Crippen molar-refractivity contribution in [3.05, 3.63) is 29.8 Å². The molecule has 5 N–H and O–H groups in total. The van der Waals surface area contributed by atoms with Crippen LogP contribution in [0.4, 0.5) is 5.69 Å². The largest absolute Gasteiger partial charge is 0.395 e. The number of benzene rings is 1. The molecule has 0 aromatic heterocycles. The number of aliphatic hydroxyl groups excluding tert-OH is 1. The predicted octanol–water partition coefficient (Wildman–Crippen LogP) is 1.22. The fourth-order valence-corrected chi connectivity index (χ4v) is 3.85. The second-order valence-corrected chi connectivity index (χ2v) is 6.95. The van der Waals surface area contributed by atoms with Crippen molar-refractivity contribution in [1.82, 2.24) is 4.90 Å². The van der Waals surface area contributed by atoms with E-state index in [2.05, 4.69) is 26.9 Å². The van der Waals surface area contributed by atoms with Crippen LogP contribution in [0.25, 0.3) is 0 Å². The van der Waals surface area contributed by atoms with E-state index in [0.29, 0.717) is 12.5 Å². The summed E-state index contributed by atoms with van der Waals surface area (Å²) in [5.74, 6) is 0.685. The van der Waals surface area contributed by atoms with Gasteiger partial charge in [-0.15, -0.1) is 0 Å². The molecule has 2 aliphatic rings. The van der Waals surface area contributed by atoms with Gasteiger partial charge in [0.15, 0.2) is 0 Å². The quantitative estimate of drug-likeness (QED) is 0.745. The van der Waals surface area contributed by atoms with Crippen molar-refractivity contribution in [2.45, 2.75) is 44.3 Å². The zero-order valence-corrected chi connectivity index (χ0v) is 14.9. The van der Waals surface area contributed by atoms with Crippen LogP contribution in [0, 0.1) is 0 Å². The molecule has 3 rings (SSSR count). The predicted molar refractivity (Wildman–Crippen MR) is 101 cm³/mol. The van der Waals surface area contributed by atoms with Gasteiger partial charge in [-0.25, -0.2) is 4.99 Å². The Labute approximate surface area is 149 Å². The lowest BCUT2D eigenvalue weighted by molar-refractivity contribution is 0.217. The average Bonchev–Trinajstić information content (AvgIpc) is 2.55. The second kappa shape index (κ2) is 7.41. The first-order chi connectivity index (χ1) is 12.0. The molecule has 1 heterocycles. The molecule has 0 amide bonds. The number of hydrogen-bond acceptors (Lipinski definition) is 7. The Bertz CT molecular complexity index is 665. The lowest BCUT2D eigenvalue weighted by Gasteiger charge is -2.45. The summed E-state index contributed by atoms with van der Waals surface area (Å²) in [7, 11) is 1.99. The van der Waals surface area contributed by atoms with Crippen LogP contribution in [0.15, 0.2) is 34.3 Å². The highest BCUT2D eigenvalue weighted by atomic mass is 16.3. The monoisotopic (exact) mass is 344 g/mol. The van der Waals surface area contributed by atoms with E-state index < -0.39 is 5.66 Å². The molecule has 1 fully saturated rings. The van der Waals surface area contributed by atoms with Crippen molar-refractivity contribution in [1.29, 1.82) is 0 Å². The number of aliphatic imine (C=N–C) groups is 2. The molecule has 7 nitrogen and oxygen atoms in total. The van der Waals surface area contributed by atoms with Crippen LogP contribution >= 0.6 is 0 Å². The summed E-state index contributed by atoms with van der Waals surface area (Å²) in [6.07, 6.45) is 5.30. The number of rotatable bonds is 5. The molecule has 1 aromatic carbocycles. The summed E-state index contributed by atoms with van der Waals surface area (Å²) in [5, 5.41) is 9.09. The maximum absolute atomic E-state index is 9.09. The number of anilines is 1. The molecular formula is C18H28N6O. The number of likely N-dealkylation sites (N-methyl/N-ethyl adjacent to an activating group) is 1. The van der Waals surface area contributed by atoms with E-state index in [1.807, 2.05) is 19.2 Å². The molecule has 0 atom stereocenters. The number of nitrogens with zero attached hydrogens (tertiary/aromatic N) is 4. The topological polar surface area (TPSA) is 103 Å². The van der Waals surface area contributed by atoms with Crippen molar-refractivity contribution < 1.29 is 5.11 Å². The number of nitrogens with two attached hydrogens (primary N) is 2. The molecule has 1 aliphatic heterocycles. The number of hydrogen-bond donors (Lipinski definition) is 3. The fourth-order valence-electron chi connectivity index (χ4n) is 3.85. The van der Waals surface area contributed by atoms with Crippen LogP contribution in [0.2, 0.25) is 0 Å². The highest BCUT2D eigenvalue weighted by molar-refractivity contribution is 6.05. The molecule has 1 aromatic rings. The zero-order chi connectivity index (χ0) is 17.9. The lowest BCUT2D eigenvalue weighted by Crippen LogP contribution is -2.58. The Balaban J connectivity index is 1.92. The van der Waals surface area contributed by atoms with Crippen LogP contribution in [-0.4, -0.2) is 47.8 Å². The normalized spacial score (nSPS) is 19.9. The Morgan fingerprint density at radius 1 is 1.24 bits per heavy atom. The molecule has 7 heteroatoms. The summed E-state index contributed by atoms with van der Waals surface area (Å²) in [6.45, 7) is 1.55. The van der Waals surface area contributed by atoms with Crippen LogP contribution in [0.1, 0.15) is 37.7 Å². The van der Waals surface area contributed by atoms with Crippen LogP contribution in [0.5, 0.6) is 0 Å². The third kappa shape index (κ3) is 3.77. The molecule has 1 spiro atoms. The molecule has 0 unspecified atom stereocenters. The summed E-state index contributed by atoms with van der Waals surface area (Å²) in [4.78, 5) is 13.1. The van der Waals surface area contributed by atoms with Gasteiger partial charge in [-0.3, -0.25) is 9.80 Å². The van der Waals surface area contributed by atoms with Gasteiger partial charge in [0.1, 0.15) is 5.66 Å². The molecule has 25 heavy (non-hydrogen) atoms. The molecule has 1 saturated carbocycles. The van der Waals surface area contributed by atoms with Gasteiger partial charge in [0.25, 0.3) is 0 Å². The Kier molecular flexibility index (Phi) is 5.24. The van der Waals surface area contributed by atoms with E-state index in [1.54, 1.807) is 0 Å². The lowest BCUT2D eigenvalue weighted by atomic mass is 9.87. The average molecular weight is 344 g/mol. The first kappa shape index (κ1) is 17.7. The van der Waals surface area contributed by atoms with Gasteiger partial charge in [-0.1, -0.05) is 18.6 Å². The highest BCUT2D eigenvalue weighted by Crippen LogP contribution is 2.39. The van der Waals surface area contributed by atoms with E-state index in [-0.39, 0.29) is 12.6 Å². The van der Waals surface area contributed by atoms with E-state index >= 15 is 0 Å². The molecule has 0 bridgehead atoms. The van der Waals surface area contributed by atoms with Crippen molar-refractivity contribution in [2.75, 3.05) is 25.1 Å². The van der Waals surface area contributed by atoms with Crippen molar-refractivity contribution in [3.63, 3.8) is 0 Å². The Morgan fingerprint density at radius 2 is 2.00 bits per heavy atom. The Morgan fingerprint density at radius 3 is 2.72 bits per heavy atom. The van der Waals surface area contributed by atoms with Gasteiger partial charge >= 0.3 is 0 Å². The van der Waals surface area contributed by atoms with E-state index in [0.717, 1.165) is 43.5 Å². The van der Waals surface area contributed by atoms with Crippen LogP contribution in [0.3, 0.4) is 0 Å². The molecule has 1 aliphatic carbocycles. The van der Waals surface area contributed by atoms with E-state index in [9.17, 15) is 0 Å². The second-order valence-electron chi connectivity index (χ2n) is 6.95. The summed E-state index contributed by atoms with van der Waals surface area (Å²) >= 11 is 0. The third-order valence-electron chi connectivity index (χ3n) is 4.95. The van der Waals surface area contributed by atoms with Gasteiger partial charge in [-0.05, 0) is 50.4 Å². The van der Waals surface area contributed by atoms with Gasteiger partial charge < -0.3 is 16.6 Å². The maximum Gasteiger partial charge on any atom is 0.220 e. The minimum atomic E-state index is -0.413. The van der Waals surface area contributed by atoms with Crippen molar-refractivity contribution in [2.24, 2.45) is 21.5 Å². The standard InChI is InChI=1S/C18H28N6O/c1-23(10-11-25)13-14-6-5-7-15(12-14)24-17(20)21-16(19)22-18(24)8-3-2-4-9-18/h5-7,12,25H,2-4,8-11,13H2,1H3,(H4,19,20,21,22). The fraction of sp³-hybridized carbons (Fsp3) is 0.556. The minimum Gasteiger partial charge on any atom is -0.395 e. The van der Waals surface area contributed by atoms with Gasteiger partial charge in [0, 0.05) is 18.8 Å². The van der Waals surface area contributed by atoms with Crippen LogP contribution in [-0.2, 0) is 6.54 Å². The van der Waals surface area contributed by atoms with Gasteiger partial charge in [-0.2, -0.15) is 4.99 Å². The minimum absolute atomic E-state index is 0.152. The van der Waals surface area contributed by atoms with E-state index in [4.69, 9.17) is 21.6 Å². The van der Waals surface area contributed by atoms with E-state index in [1.165, 1.54) is 6.42 Å². The van der Waals surface area contributed by atoms with Crippen LogP contribution < -0.4 is 16.4 Å². The third-order valence-corrected chi connectivity index (χ3v) is 4.95. The first-order valence-electron chi connectivity index (χ1n) is 8.92. The van der Waals surface area contributed by atoms with Crippen molar-refractivity contribution in [3.8, 4) is 0 Å². The molecule has 0 radical (unpaired) electrons. The van der Waals surface area contributed by atoms with Gasteiger partial charge in [0.05, 0.1) is 6.61 Å². The smallest absolute Gasteiger partial charge is 0.220 e. The summed E-state index contributed by atoms with van der Waals surface area (Å²) in [5.41, 5.74) is 13.9. The molecule has 136 valence electrons. The Hall–Kier alpha value is -2.12. The zero-order valence-electron chi connectivity index (χ0n) is 14.9. The first-order valence-corrected chi connectivity index (χ1v) is 8.92. The summed E-state index contributed by atoms with van der Waals surface area (Å²) in [6, 6.07) is 8.29. The number of guanidine groups is 2. The maximum atomic E-state index is 9.09. The summed E-state index contributed by atoms with van der Waals surface area (Å²) < 4.78 is 0. The van der Waals surface area contributed by atoms with Crippen molar-refractivity contribution >= 4 is 17.6 Å². The SMILES string of the molecule is CN(CCO)Cc1cccc(N2C(N)=NC(N)=NC23CCCCC3)c1. The number of aliphatic hydroxyl groups is 1. The molecule has 0 saturated heterocycles. The molecular weight excluding hydrogens is 316 g/mol. The van der Waals surface area contributed by atoms with Gasteiger partial charge in [0.2, 0.25) is 11.9 Å².